The molecule has 0 amide bonds. The number of carbonyl (C=O) groups is 3. The van der Waals surface area contributed by atoms with Crippen LogP contribution in [0, 0.1) is 5.92 Å². The van der Waals surface area contributed by atoms with E-state index in [4.69, 9.17) is 0 Å². The third kappa shape index (κ3) is 10.2. The van der Waals surface area contributed by atoms with E-state index in [9.17, 15) is 29.7 Å². The SMILES string of the molecule is CCCCCCCCCCCCN1/C(=C\C2=C(O)C(C3=[N+](CCCCCCCCCCCC)c4ccc(C(=O)O)cc4C3(C)C)C2=O)C(C)(C)c2c(C(=O)O)cccc21. The number of hydrogen-bond acceptors (Lipinski definition) is 5. The van der Waals surface area contributed by atoms with Crippen LogP contribution in [-0.4, -0.2) is 56.4 Å². The number of rotatable bonds is 26. The standard InChI is InChI=1S/C51H72N2O6/c1-7-9-11-13-15-17-19-21-23-25-32-52-41-29-27-28-37(49(58)59)44(41)51(5,6)42(52)35-38-45(54)43(46(38)55)47-50(3,4)39-34-36(48(56)57)30-31-40(39)53(47)33-26-24-22-20-18-16-14-12-10-8-2/h27-31,34-35,43H,7-26,32-33H2,1-6H3,(H2-,54,55,56,57,58,59)/p+1/b42-35-. The summed E-state index contributed by atoms with van der Waals surface area (Å²) in [6.45, 7) is 13.9. The van der Waals surface area contributed by atoms with Crippen LogP contribution >= 0.6 is 0 Å². The third-order valence-corrected chi connectivity index (χ3v) is 13.4. The van der Waals surface area contributed by atoms with E-state index < -0.39 is 28.7 Å². The number of carboxylic acids is 2. The molecule has 2 heterocycles. The molecule has 5 rings (SSSR count). The van der Waals surface area contributed by atoms with E-state index in [1.807, 2.05) is 45.9 Å². The Morgan fingerprint density at radius 1 is 0.712 bits per heavy atom. The third-order valence-electron chi connectivity index (χ3n) is 13.4. The van der Waals surface area contributed by atoms with Gasteiger partial charge in [0.25, 0.3) is 0 Å². The first-order valence-corrected chi connectivity index (χ1v) is 23.1. The Kier molecular flexibility index (Phi) is 16.2. The highest BCUT2D eigenvalue weighted by atomic mass is 16.4. The van der Waals surface area contributed by atoms with Crippen molar-refractivity contribution in [3.05, 3.63) is 81.8 Å². The molecule has 1 aliphatic carbocycles. The van der Waals surface area contributed by atoms with Crippen LogP contribution in [0.25, 0.3) is 0 Å². The molecule has 2 aromatic carbocycles. The minimum absolute atomic E-state index is 0.0222. The summed E-state index contributed by atoms with van der Waals surface area (Å²) in [6, 6.07) is 10.7. The zero-order valence-electron chi connectivity index (χ0n) is 37.1. The second kappa shape index (κ2) is 20.9. The molecule has 322 valence electrons. The average Bonchev–Trinajstić information content (AvgIpc) is 3.56. The van der Waals surface area contributed by atoms with Gasteiger partial charge in [-0.05, 0) is 57.0 Å². The number of carbonyl (C=O) groups excluding carboxylic acids is 1. The fraction of sp³-hybridized carbons (Fsp3) is 0.608. The average molecular weight is 810 g/mol. The number of ketones is 1. The molecule has 3 N–H and O–H groups in total. The fourth-order valence-corrected chi connectivity index (χ4v) is 10.00. The Hall–Kier alpha value is -4.20. The number of fused-ring (bicyclic) bond motifs is 2. The van der Waals surface area contributed by atoms with Crippen LogP contribution in [0.4, 0.5) is 11.4 Å². The van der Waals surface area contributed by atoms with Gasteiger partial charge in [-0.1, -0.05) is 143 Å². The lowest BCUT2D eigenvalue weighted by Gasteiger charge is -2.33. The van der Waals surface area contributed by atoms with E-state index in [2.05, 4.69) is 23.3 Å². The molecule has 0 radical (unpaired) electrons. The first-order chi connectivity index (χ1) is 28.3. The quantitative estimate of drug-likeness (QED) is 0.0639. The van der Waals surface area contributed by atoms with Crippen molar-refractivity contribution in [2.24, 2.45) is 5.92 Å². The number of allylic oxidation sites excluding steroid dienone is 4. The molecule has 1 atom stereocenters. The molecule has 8 heteroatoms. The van der Waals surface area contributed by atoms with Gasteiger partial charge in [0, 0.05) is 47.0 Å². The van der Waals surface area contributed by atoms with Crippen LogP contribution in [0.2, 0.25) is 0 Å². The van der Waals surface area contributed by atoms with Crippen LogP contribution in [-0.2, 0) is 15.6 Å². The monoisotopic (exact) mass is 810 g/mol. The number of unbranched alkanes of at least 4 members (excludes halogenated alkanes) is 18. The summed E-state index contributed by atoms with van der Waals surface area (Å²) in [6.07, 6.45) is 26.0. The molecular formula is C51H73N2O6+. The van der Waals surface area contributed by atoms with Crippen molar-refractivity contribution in [1.29, 1.82) is 0 Å². The lowest BCUT2D eigenvalue weighted by Crippen LogP contribution is -2.46. The fourth-order valence-electron chi connectivity index (χ4n) is 10.00. The Morgan fingerprint density at radius 3 is 1.78 bits per heavy atom. The van der Waals surface area contributed by atoms with Crippen molar-refractivity contribution in [2.45, 2.75) is 181 Å². The van der Waals surface area contributed by atoms with Gasteiger partial charge in [-0.2, -0.15) is 4.58 Å². The van der Waals surface area contributed by atoms with Crippen LogP contribution < -0.4 is 4.90 Å². The molecule has 59 heavy (non-hydrogen) atoms. The van der Waals surface area contributed by atoms with Gasteiger partial charge in [-0.25, -0.2) is 9.59 Å². The number of nitrogens with zero attached hydrogens (tertiary/aromatic N) is 2. The Balaban J connectivity index is 1.40. The van der Waals surface area contributed by atoms with Gasteiger partial charge in [0.1, 0.15) is 12.3 Å². The van der Waals surface area contributed by atoms with E-state index in [-0.39, 0.29) is 28.2 Å². The number of Topliss-reactive ketones (excluding diaryl/α,β-unsaturated/α-hetero) is 1. The number of aliphatic hydroxyl groups excluding tert-OH is 1. The van der Waals surface area contributed by atoms with Gasteiger partial charge < -0.3 is 20.2 Å². The Morgan fingerprint density at radius 2 is 1.25 bits per heavy atom. The van der Waals surface area contributed by atoms with Crippen molar-refractivity contribution in [3.63, 3.8) is 0 Å². The minimum atomic E-state index is -0.997. The lowest BCUT2D eigenvalue weighted by molar-refractivity contribution is -0.441. The molecular weight excluding hydrogens is 737 g/mol. The predicted octanol–water partition coefficient (Wildman–Crippen LogP) is 13.0. The van der Waals surface area contributed by atoms with Gasteiger partial charge >= 0.3 is 11.9 Å². The van der Waals surface area contributed by atoms with Crippen LogP contribution in [0.3, 0.4) is 0 Å². The molecule has 0 saturated carbocycles. The van der Waals surface area contributed by atoms with Gasteiger partial charge in [0.15, 0.2) is 17.4 Å². The maximum atomic E-state index is 14.5. The smallest absolute Gasteiger partial charge is 0.336 e. The summed E-state index contributed by atoms with van der Waals surface area (Å²) in [4.78, 5) is 41.3. The topological polar surface area (TPSA) is 118 Å². The first kappa shape index (κ1) is 45.9. The second-order valence-corrected chi connectivity index (χ2v) is 18.5. The first-order valence-electron chi connectivity index (χ1n) is 23.1. The number of anilines is 1. The molecule has 2 aliphatic heterocycles. The van der Waals surface area contributed by atoms with Crippen molar-refractivity contribution >= 4 is 34.8 Å². The zero-order valence-corrected chi connectivity index (χ0v) is 37.1. The molecule has 0 fully saturated rings. The molecule has 2 aromatic rings. The molecule has 0 bridgehead atoms. The number of carboxylic acid groups (broad SMARTS) is 2. The van der Waals surface area contributed by atoms with E-state index >= 15 is 0 Å². The van der Waals surface area contributed by atoms with Crippen molar-refractivity contribution in [2.75, 3.05) is 18.0 Å². The summed E-state index contributed by atoms with van der Waals surface area (Å²) in [5.41, 5.74) is 4.22. The summed E-state index contributed by atoms with van der Waals surface area (Å²) in [7, 11) is 0. The largest absolute Gasteiger partial charge is 0.510 e. The highest BCUT2D eigenvalue weighted by Gasteiger charge is 2.57. The molecule has 1 unspecified atom stereocenters. The van der Waals surface area contributed by atoms with Gasteiger partial charge in [-0.15, -0.1) is 0 Å². The van der Waals surface area contributed by atoms with Gasteiger partial charge in [0.05, 0.1) is 22.1 Å². The lowest BCUT2D eigenvalue weighted by atomic mass is 9.68. The Bertz CT molecular complexity index is 1920. The van der Waals surface area contributed by atoms with E-state index in [0.29, 0.717) is 13.1 Å². The maximum Gasteiger partial charge on any atom is 0.336 e. The summed E-state index contributed by atoms with van der Waals surface area (Å²) in [5.74, 6) is -2.97. The minimum Gasteiger partial charge on any atom is -0.510 e. The van der Waals surface area contributed by atoms with Crippen molar-refractivity contribution in [3.8, 4) is 0 Å². The summed E-state index contributed by atoms with van der Waals surface area (Å²) >= 11 is 0. The zero-order chi connectivity index (χ0) is 42.7. The normalized spacial score (nSPS) is 18.5. The maximum absolute atomic E-state index is 14.5. The summed E-state index contributed by atoms with van der Waals surface area (Å²) < 4.78 is 2.18. The van der Waals surface area contributed by atoms with Crippen LogP contribution in [0.15, 0.2) is 59.5 Å². The highest BCUT2D eigenvalue weighted by molar-refractivity contribution is 6.23. The molecule has 8 nitrogen and oxygen atoms in total. The molecule has 3 aliphatic rings. The molecule has 0 aromatic heterocycles. The van der Waals surface area contributed by atoms with Crippen molar-refractivity contribution in [1.82, 2.24) is 0 Å². The number of aliphatic hydroxyl groups is 1. The number of benzene rings is 2. The van der Waals surface area contributed by atoms with Crippen LogP contribution in [0.1, 0.15) is 202 Å². The Labute approximate surface area is 354 Å². The van der Waals surface area contributed by atoms with Crippen LogP contribution in [0.5, 0.6) is 0 Å². The van der Waals surface area contributed by atoms with Crippen molar-refractivity contribution < 1.29 is 34.3 Å². The predicted molar refractivity (Wildman–Crippen MR) is 240 cm³/mol. The number of aromatic carboxylic acids is 2. The van der Waals surface area contributed by atoms with E-state index in [1.54, 1.807) is 24.3 Å². The van der Waals surface area contributed by atoms with E-state index in [1.165, 1.54) is 89.9 Å². The van der Waals surface area contributed by atoms with E-state index in [0.717, 1.165) is 72.4 Å². The van der Waals surface area contributed by atoms with Gasteiger partial charge in [-0.3, -0.25) is 4.79 Å². The molecule has 0 spiro atoms. The molecule has 0 saturated heterocycles. The highest BCUT2D eigenvalue weighted by Crippen LogP contribution is 2.52. The summed E-state index contributed by atoms with van der Waals surface area (Å²) in [5, 5.41) is 32.2. The second-order valence-electron chi connectivity index (χ2n) is 18.5. The number of hydrogen-bond donors (Lipinski definition) is 3. The van der Waals surface area contributed by atoms with Gasteiger partial charge in [0.2, 0.25) is 5.69 Å².